The van der Waals surface area contributed by atoms with Gasteiger partial charge in [-0.1, -0.05) is 26.0 Å². The van der Waals surface area contributed by atoms with Crippen LogP contribution >= 0.6 is 0 Å². The van der Waals surface area contributed by atoms with Crippen LogP contribution in [0.2, 0.25) is 0 Å². The fourth-order valence-corrected chi connectivity index (χ4v) is 5.09. The van der Waals surface area contributed by atoms with Crippen LogP contribution in [0.3, 0.4) is 0 Å². The van der Waals surface area contributed by atoms with Crippen molar-refractivity contribution in [2.24, 2.45) is 11.8 Å². The minimum atomic E-state index is -0.782. The van der Waals surface area contributed by atoms with Crippen molar-refractivity contribution in [2.75, 3.05) is 19.8 Å². The average molecular weight is 364 g/mol. The van der Waals surface area contributed by atoms with Crippen molar-refractivity contribution >= 4 is 0 Å². The zero-order chi connectivity index (χ0) is 18.9. The number of piperidine rings is 1. The molecule has 0 unspecified atom stereocenters. The number of aliphatic hydroxyl groups excluding tert-OH is 1. The Hall–Kier alpha value is -0.970. The molecule has 0 radical (unpaired) electrons. The van der Waals surface area contributed by atoms with Gasteiger partial charge in [0.2, 0.25) is 0 Å². The van der Waals surface area contributed by atoms with Crippen LogP contribution in [0.1, 0.15) is 67.8 Å². The van der Waals surface area contributed by atoms with Gasteiger partial charge in [0.25, 0.3) is 0 Å². The molecule has 2 aliphatic rings. The van der Waals surface area contributed by atoms with E-state index in [1.165, 1.54) is 11.1 Å². The maximum atomic E-state index is 12.9. The molecule has 1 saturated heterocycles. The molecular weight excluding hydrogens is 329 g/mol. The Labute approximate surface area is 157 Å². The van der Waals surface area contributed by atoms with Crippen LogP contribution < -0.4 is 0 Å². The first-order chi connectivity index (χ1) is 12.4. The third-order valence-corrected chi connectivity index (χ3v) is 6.50. The fraction of sp³-hybridized carbons (Fsp3) is 0.727. The lowest BCUT2D eigenvalue weighted by Crippen LogP contribution is -2.55. The Morgan fingerprint density at radius 2 is 2.12 bits per heavy atom. The molecule has 3 nitrogen and oxygen atoms in total. The Kier molecular flexibility index (Phi) is 6.05. The van der Waals surface area contributed by atoms with Gasteiger partial charge in [-0.15, -0.1) is 0 Å². The number of benzene rings is 1. The molecule has 3 atom stereocenters. The molecular formula is C22H34FNO2. The lowest BCUT2D eigenvalue weighted by molar-refractivity contribution is -0.109. The van der Waals surface area contributed by atoms with Gasteiger partial charge in [0.1, 0.15) is 0 Å². The predicted molar refractivity (Wildman–Crippen MR) is 103 cm³/mol. The van der Waals surface area contributed by atoms with Crippen molar-refractivity contribution in [3.8, 4) is 0 Å². The van der Waals surface area contributed by atoms with Gasteiger partial charge in [-0.3, -0.25) is 9.29 Å². The highest BCUT2D eigenvalue weighted by molar-refractivity contribution is 5.41. The van der Waals surface area contributed by atoms with Crippen LogP contribution in [0.25, 0.3) is 0 Å². The number of hydrogen-bond acceptors (Lipinski definition) is 3. The molecule has 3 rings (SSSR count). The molecule has 0 bridgehead atoms. The average Bonchev–Trinajstić information content (AvgIpc) is 2.60. The highest BCUT2D eigenvalue weighted by Gasteiger charge is 2.47. The maximum Gasteiger partial charge on any atom is 0.0895 e. The summed E-state index contributed by atoms with van der Waals surface area (Å²) in [5.74, 6) is 0.740. The lowest BCUT2D eigenvalue weighted by Gasteiger charge is -2.52. The molecule has 26 heavy (non-hydrogen) atoms. The standard InChI is InChI=1S/C22H34FNO2/c1-15(2)9-19-13-24-8-5-17-11-18(14-25)16(3)10-20(17)21(24)12-22(19,26)6-4-7-23/h10-11,15,19,21,25-26H,4-9,12-14H2,1-3H3/t19-,21-,22-/m1/s1/i23+0. The number of rotatable bonds is 6. The summed E-state index contributed by atoms with van der Waals surface area (Å²) in [6, 6.07) is 4.55. The molecule has 0 spiro atoms. The van der Waals surface area contributed by atoms with Gasteiger partial charge in [-0.05, 0) is 67.2 Å². The van der Waals surface area contributed by atoms with Crippen molar-refractivity contribution in [1.29, 1.82) is 0 Å². The van der Waals surface area contributed by atoms with Crippen molar-refractivity contribution in [3.63, 3.8) is 0 Å². The first-order valence-electron chi connectivity index (χ1n) is 10.1. The van der Waals surface area contributed by atoms with E-state index in [0.717, 1.165) is 37.1 Å². The number of halogens is 1. The number of aryl methyl sites for hydroxylation is 1. The summed E-state index contributed by atoms with van der Waals surface area (Å²) in [7, 11) is 0. The van der Waals surface area contributed by atoms with E-state index in [9.17, 15) is 14.6 Å². The van der Waals surface area contributed by atoms with Crippen LogP contribution in [-0.4, -0.2) is 40.5 Å². The molecule has 1 fully saturated rings. The zero-order valence-corrected chi connectivity index (χ0v) is 16.5. The summed E-state index contributed by atoms with van der Waals surface area (Å²) < 4.78 is 12.9. The molecule has 146 valence electrons. The summed E-state index contributed by atoms with van der Waals surface area (Å²) in [5, 5.41) is 21.1. The fourth-order valence-electron chi connectivity index (χ4n) is 5.09. The van der Waals surface area contributed by atoms with Crippen molar-refractivity contribution in [2.45, 2.75) is 71.1 Å². The Bertz CT molecular complexity index is 633. The topological polar surface area (TPSA) is 43.7 Å². The molecule has 0 aliphatic carbocycles. The smallest absolute Gasteiger partial charge is 0.0895 e. The third kappa shape index (κ3) is 3.83. The van der Waals surface area contributed by atoms with Gasteiger partial charge >= 0.3 is 0 Å². The second kappa shape index (κ2) is 7.95. The van der Waals surface area contributed by atoms with Crippen LogP contribution in [0.15, 0.2) is 12.1 Å². The summed E-state index contributed by atoms with van der Waals surface area (Å²) >= 11 is 0. The molecule has 0 aromatic heterocycles. The van der Waals surface area contributed by atoms with Gasteiger partial charge in [0.15, 0.2) is 0 Å². The van der Waals surface area contributed by atoms with Gasteiger partial charge < -0.3 is 10.2 Å². The van der Waals surface area contributed by atoms with E-state index in [-0.39, 0.29) is 25.2 Å². The molecule has 2 heterocycles. The Morgan fingerprint density at radius 3 is 2.77 bits per heavy atom. The molecule has 0 amide bonds. The second-order valence-electron chi connectivity index (χ2n) is 8.82. The van der Waals surface area contributed by atoms with Gasteiger partial charge in [0, 0.05) is 25.0 Å². The Balaban J connectivity index is 1.92. The SMILES string of the molecule is Cc1cc2c(cc1CO)CCN1C[C@@H](CC(C)C)[C@@](O)(CCC[19F])C[C@H]21. The van der Waals surface area contributed by atoms with Gasteiger partial charge in [0.05, 0.1) is 18.9 Å². The normalized spacial score (nSPS) is 28.9. The summed E-state index contributed by atoms with van der Waals surface area (Å²) in [6.07, 6.45) is 3.66. The molecule has 2 aliphatic heterocycles. The minimum absolute atomic E-state index is 0.0738. The molecule has 1 aromatic rings. The minimum Gasteiger partial charge on any atom is -0.392 e. The van der Waals surface area contributed by atoms with Crippen LogP contribution in [0.5, 0.6) is 0 Å². The highest BCUT2D eigenvalue weighted by Crippen LogP contribution is 2.47. The lowest BCUT2D eigenvalue weighted by atomic mass is 9.69. The summed E-state index contributed by atoms with van der Waals surface area (Å²) in [5.41, 5.74) is 3.93. The monoisotopic (exact) mass is 363 g/mol. The molecule has 2 N–H and O–H groups in total. The highest BCUT2D eigenvalue weighted by atomic mass is 19.1. The van der Waals surface area contributed by atoms with Crippen molar-refractivity contribution < 1.29 is 14.6 Å². The number of alkyl halides is 1. The first-order valence-corrected chi connectivity index (χ1v) is 10.1. The maximum absolute atomic E-state index is 12.9. The molecule has 0 saturated carbocycles. The third-order valence-electron chi connectivity index (χ3n) is 6.50. The number of aliphatic hydroxyl groups is 2. The number of fused-ring (bicyclic) bond motifs is 3. The van der Waals surface area contributed by atoms with E-state index in [1.807, 2.05) is 6.92 Å². The van der Waals surface area contributed by atoms with E-state index in [1.54, 1.807) is 0 Å². The largest absolute Gasteiger partial charge is 0.392 e. The summed E-state index contributed by atoms with van der Waals surface area (Å²) in [4.78, 5) is 2.53. The van der Waals surface area contributed by atoms with Crippen molar-refractivity contribution in [3.05, 3.63) is 34.4 Å². The predicted octanol–water partition coefficient (Wildman–Crippen LogP) is 3.93. The molecule has 1 aromatic carbocycles. The van der Waals surface area contributed by atoms with E-state index >= 15 is 0 Å². The van der Waals surface area contributed by atoms with E-state index < -0.39 is 5.60 Å². The number of nitrogens with zero attached hydrogens (tertiary/aromatic N) is 1. The van der Waals surface area contributed by atoms with Crippen molar-refractivity contribution in [1.82, 2.24) is 4.90 Å². The zero-order valence-electron chi connectivity index (χ0n) is 16.5. The van der Waals surface area contributed by atoms with E-state index in [4.69, 9.17) is 0 Å². The Morgan fingerprint density at radius 1 is 1.35 bits per heavy atom. The first kappa shape index (κ1) is 19.8. The van der Waals surface area contributed by atoms with Crippen LogP contribution in [0.4, 0.5) is 4.39 Å². The molecule has 4 heteroatoms. The van der Waals surface area contributed by atoms with Gasteiger partial charge in [-0.2, -0.15) is 0 Å². The second-order valence-corrected chi connectivity index (χ2v) is 8.82. The quantitative estimate of drug-likeness (QED) is 0.805. The van der Waals surface area contributed by atoms with Gasteiger partial charge in [-0.25, -0.2) is 0 Å². The van der Waals surface area contributed by atoms with E-state index in [0.29, 0.717) is 25.2 Å². The van der Waals surface area contributed by atoms with E-state index in [2.05, 4.69) is 30.9 Å². The number of hydrogen-bond donors (Lipinski definition) is 2. The van der Waals surface area contributed by atoms with Crippen LogP contribution in [0, 0.1) is 18.8 Å². The summed E-state index contributed by atoms with van der Waals surface area (Å²) in [6.45, 7) is 8.06. The van der Waals surface area contributed by atoms with Crippen LogP contribution in [-0.2, 0) is 13.0 Å².